The number of carbonyl (C=O) groups excluding carboxylic acids is 1. The molecule has 3 heterocycles. The molecule has 6 heteroatoms. The summed E-state index contributed by atoms with van der Waals surface area (Å²) < 4.78 is 7.79. The molecule has 22 heavy (non-hydrogen) atoms. The van der Waals surface area contributed by atoms with Crippen molar-refractivity contribution in [3.8, 4) is 0 Å². The van der Waals surface area contributed by atoms with Gasteiger partial charge in [-0.2, -0.15) is 5.10 Å². The van der Waals surface area contributed by atoms with E-state index in [1.807, 2.05) is 34.6 Å². The first kappa shape index (κ1) is 15.2. The van der Waals surface area contributed by atoms with Gasteiger partial charge in [0, 0.05) is 29.8 Å². The van der Waals surface area contributed by atoms with Crippen LogP contribution in [0, 0.1) is 0 Å². The van der Waals surface area contributed by atoms with Crippen LogP contribution in [0.5, 0.6) is 0 Å². The highest BCUT2D eigenvalue weighted by molar-refractivity contribution is 7.10. The lowest BCUT2D eigenvalue weighted by Gasteiger charge is -2.31. The van der Waals surface area contributed by atoms with Crippen molar-refractivity contribution in [2.75, 3.05) is 6.61 Å². The van der Waals surface area contributed by atoms with Crippen molar-refractivity contribution in [3.63, 3.8) is 0 Å². The second-order valence-corrected chi connectivity index (χ2v) is 6.53. The maximum Gasteiger partial charge on any atom is 0.225 e. The SMILES string of the molecule is CCn1cc([C@H]2OCCC[C@@H]2NC(=O)Cc2cccs2)cn1. The van der Waals surface area contributed by atoms with Gasteiger partial charge >= 0.3 is 0 Å². The summed E-state index contributed by atoms with van der Waals surface area (Å²) in [6.45, 7) is 3.63. The molecule has 0 saturated carbocycles. The second kappa shape index (κ2) is 7.07. The Hall–Kier alpha value is -1.66. The van der Waals surface area contributed by atoms with Crippen molar-refractivity contribution in [3.05, 3.63) is 40.3 Å². The normalized spacial score (nSPS) is 21.7. The molecule has 2 aromatic rings. The third-order valence-electron chi connectivity index (χ3n) is 3.89. The lowest BCUT2D eigenvalue weighted by molar-refractivity contribution is -0.123. The molecule has 1 fully saturated rings. The van der Waals surface area contributed by atoms with E-state index in [9.17, 15) is 4.79 Å². The van der Waals surface area contributed by atoms with Crippen molar-refractivity contribution in [1.29, 1.82) is 0 Å². The van der Waals surface area contributed by atoms with Gasteiger partial charge in [0.15, 0.2) is 0 Å². The average molecular weight is 319 g/mol. The Bertz CT molecular complexity index is 609. The lowest BCUT2D eigenvalue weighted by atomic mass is 9.98. The van der Waals surface area contributed by atoms with Crippen molar-refractivity contribution in [2.24, 2.45) is 0 Å². The van der Waals surface area contributed by atoms with Crippen molar-refractivity contribution in [2.45, 2.75) is 44.9 Å². The number of amides is 1. The largest absolute Gasteiger partial charge is 0.371 e. The van der Waals surface area contributed by atoms with Gasteiger partial charge in [-0.3, -0.25) is 9.48 Å². The smallest absolute Gasteiger partial charge is 0.225 e. The summed E-state index contributed by atoms with van der Waals surface area (Å²) >= 11 is 1.61. The first-order chi connectivity index (χ1) is 10.8. The van der Waals surface area contributed by atoms with Gasteiger partial charge < -0.3 is 10.1 Å². The number of aromatic nitrogens is 2. The summed E-state index contributed by atoms with van der Waals surface area (Å²) in [5, 5.41) is 9.44. The first-order valence-electron chi connectivity index (χ1n) is 7.72. The van der Waals surface area contributed by atoms with Crippen LogP contribution in [0.2, 0.25) is 0 Å². The Kier molecular flexibility index (Phi) is 4.90. The van der Waals surface area contributed by atoms with E-state index in [-0.39, 0.29) is 18.1 Å². The number of thiophene rings is 1. The predicted octanol–water partition coefficient (Wildman–Crippen LogP) is 2.54. The molecule has 1 saturated heterocycles. The average Bonchev–Trinajstić information content (AvgIpc) is 3.19. The van der Waals surface area contributed by atoms with Gasteiger partial charge in [-0.1, -0.05) is 6.07 Å². The third-order valence-corrected chi connectivity index (χ3v) is 4.77. The van der Waals surface area contributed by atoms with Crippen molar-refractivity contribution in [1.82, 2.24) is 15.1 Å². The Balaban J connectivity index is 1.65. The van der Waals surface area contributed by atoms with E-state index in [1.165, 1.54) is 0 Å². The Morgan fingerprint density at radius 1 is 1.59 bits per heavy atom. The third kappa shape index (κ3) is 3.56. The molecule has 1 aliphatic heterocycles. The van der Waals surface area contributed by atoms with Gasteiger partial charge in [0.25, 0.3) is 0 Å². The minimum Gasteiger partial charge on any atom is -0.371 e. The number of hydrogen-bond acceptors (Lipinski definition) is 4. The Morgan fingerprint density at radius 2 is 2.50 bits per heavy atom. The van der Waals surface area contributed by atoms with E-state index >= 15 is 0 Å². The number of hydrogen-bond donors (Lipinski definition) is 1. The van der Waals surface area contributed by atoms with Crippen molar-refractivity contribution < 1.29 is 9.53 Å². The molecule has 1 N–H and O–H groups in total. The summed E-state index contributed by atoms with van der Waals surface area (Å²) in [5.74, 6) is 0.0610. The fourth-order valence-corrected chi connectivity index (χ4v) is 3.49. The summed E-state index contributed by atoms with van der Waals surface area (Å²) in [7, 11) is 0. The maximum absolute atomic E-state index is 12.2. The standard InChI is InChI=1S/C16H21N3O2S/c1-2-19-11-12(10-17-19)16-14(6-3-7-21-16)18-15(20)9-13-5-4-8-22-13/h4-5,8,10-11,14,16H,2-3,6-7,9H2,1H3,(H,18,20)/t14-,16+/m0/s1. The van der Waals surface area contributed by atoms with Gasteiger partial charge in [-0.25, -0.2) is 0 Å². The zero-order chi connectivity index (χ0) is 15.4. The summed E-state index contributed by atoms with van der Waals surface area (Å²) in [4.78, 5) is 13.3. The van der Waals surface area contributed by atoms with Gasteiger partial charge in [-0.15, -0.1) is 11.3 Å². The molecule has 0 aliphatic carbocycles. The number of ether oxygens (including phenoxy) is 1. The van der Waals surface area contributed by atoms with E-state index in [4.69, 9.17) is 4.74 Å². The van der Waals surface area contributed by atoms with Crippen LogP contribution in [0.4, 0.5) is 0 Å². The summed E-state index contributed by atoms with van der Waals surface area (Å²) in [5.41, 5.74) is 1.04. The van der Waals surface area contributed by atoms with E-state index in [1.54, 1.807) is 11.3 Å². The first-order valence-corrected chi connectivity index (χ1v) is 8.60. The highest BCUT2D eigenvalue weighted by Crippen LogP contribution is 2.28. The molecule has 0 spiro atoms. The molecule has 0 aromatic carbocycles. The number of rotatable bonds is 5. The number of nitrogens with zero attached hydrogens (tertiary/aromatic N) is 2. The lowest BCUT2D eigenvalue weighted by Crippen LogP contribution is -2.43. The number of aryl methyl sites for hydroxylation is 1. The second-order valence-electron chi connectivity index (χ2n) is 5.49. The molecule has 2 atom stereocenters. The van der Waals surface area contributed by atoms with Crippen LogP contribution in [-0.4, -0.2) is 28.3 Å². The topological polar surface area (TPSA) is 56.1 Å². The molecule has 5 nitrogen and oxygen atoms in total. The number of carbonyl (C=O) groups is 1. The molecular weight excluding hydrogens is 298 g/mol. The van der Waals surface area contributed by atoms with Crippen LogP contribution in [0.3, 0.4) is 0 Å². The van der Waals surface area contributed by atoms with Crippen LogP contribution < -0.4 is 5.32 Å². The molecule has 0 unspecified atom stereocenters. The molecule has 0 bridgehead atoms. The monoisotopic (exact) mass is 319 g/mol. The van der Waals surface area contributed by atoms with E-state index < -0.39 is 0 Å². The van der Waals surface area contributed by atoms with Crippen molar-refractivity contribution >= 4 is 17.2 Å². The zero-order valence-electron chi connectivity index (χ0n) is 12.7. The quantitative estimate of drug-likeness (QED) is 0.921. The molecule has 118 valence electrons. The van der Waals surface area contributed by atoms with Crippen LogP contribution in [0.15, 0.2) is 29.9 Å². The van der Waals surface area contributed by atoms with Gasteiger partial charge in [0.2, 0.25) is 5.91 Å². The maximum atomic E-state index is 12.2. The van der Waals surface area contributed by atoms with Crippen LogP contribution in [0.25, 0.3) is 0 Å². The van der Waals surface area contributed by atoms with Gasteiger partial charge in [-0.05, 0) is 31.2 Å². The van der Waals surface area contributed by atoms with Gasteiger partial charge in [0.1, 0.15) is 6.10 Å². The molecule has 2 aromatic heterocycles. The highest BCUT2D eigenvalue weighted by Gasteiger charge is 2.29. The Labute approximate surface area is 134 Å². The van der Waals surface area contributed by atoms with Gasteiger partial charge in [0.05, 0.1) is 18.7 Å². The minimum absolute atomic E-state index is 0.0238. The van der Waals surface area contributed by atoms with Crippen LogP contribution in [-0.2, 0) is 22.5 Å². The van der Waals surface area contributed by atoms with Crippen LogP contribution in [0.1, 0.15) is 36.3 Å². The fraction of sp³-hybridized carbons (Fsp3) is 0.500. The molecular formula is C16H21N3O2S. The Morgan fingerprint density at radius 3 is 3.23 bits per heavy atom. The zero-order valence-corrected chi connectivity index (χ0v) is 13.5. The van der Waals surface area contributed by atoms with Crippen LogP contribution >= 0.6 is 11.3 Å². The van der Waals surface area contributed by atoms with E-state index in [0.29, 0.717) is 6.42 Å². The molecule has 1 amide bonds. The van der Waals surface area contributed by atoms with E-state index in [0.717, 1.165) is 36.4 Å². The highest BCUT2D eigenvalue weighted by atomic mass is 32.1. The molecule has 1 aliphatic rings. The minimum atomic E-state index is -0.0960. The fourth-order valence-electron chi connectivity index (χ4n) is 2.79. The molecule has 0 radical (unpaired) electrons. The summed E-state index contributed by atoms with van der Waals surface area (Å²) in [6, 6.07) is 3.99. The summed E-state index contributed by atoms with van der Waals surface area (Å²) in [6.07, 6.45) is 6.11. The van der Waals surface area contributed by atoms with E-state index in [2.05, 4.69) is 17.3 Å². The molecule has 3 rings (SSSR count). The number of nitrogens with one attached hydrogen (secondary N) is 1. The predicted molar refractivity (Wildman–Crippen MR) is 85.8 cm³/mol.